The average Bonchev–Trinajstić information content (AvgIpc) is 2.87. The molecule has 1 atom stereocenters. The Morgan fingerprint density at radius 1 is 1.35 bits per heavy atom. The zero-order valence-electron chi connectivity index (χ0n) is 14.8. The van der Waals surface area contributed by atoms with Crippen molar-refractivity contribution >= 4 is 23.7 Å². The molecule has 0 aliphatic heterocycles. The van der Waals surface area contributed by atoms with Crippen molar-refractivity contribution in [2.24, 2.45) is 0 Å². The maximum Gasteiger partial charge on any atom is 0.355 e. The summed E-state index contributed by atoms with van der Waals surface area (Å²) in [7, 11) is 4.68. The highest BCUT2D eigenvalue weighted by Gasteiger charge is 2.30. The molecule has 0 saturated heterocycles. The van der Waals surface area contributed by atoms with Crippen LogP contribution in [0.3, 0.4) is 0 Å². The number of quaternary nitrogens is 1. The SMILES string of the molecule is CC[N+](C)(O)C(=O)CSc1nc(C(C)(C)C)nn1C(=O)N(C)C. The van der Waals surface area contributed by atoms with Crippen LogP contribution in [-0.2, 0) is 10.2 Å². The fourth-order valence-corrected chi connectivity index (χ4v) is 2.39. The molecule has 2 amide bonds. The van der Waals surface area contributed by atoms with Crippen LogP contribution in [0.4, 0.5) is 4.79 Å². The van der Waals surface area contributed by atoms with Gasteiger partial charge in [0.05, 0.1) is 0 Å². The Kier molecular flexibility index (Phi) is 5.95. The Hall–Kier alpha value is -1.45. The smallest absolute Gasteiger partial charge is 0.329 e. The fraction of sp³-hybridized carbons (Fsp3) is 0.714. The second-order valence-corrected chi connectivity index (χ2v) is 7.64. The lowest BCUT2D eigenvalue weighted by atomic mass is 9.96. The molecule has 0 spiro atoms. The van der Waals surface area contributed by atoms with Crippen molar-refractivity contribution in [3.8, 4) is 0 Å². The van der Waals surface area contributed by atoms with E-state index in [1.54, 1.807) is 21.0 Å². The van der Waals surface area contributed by atoms with E-state index in [0.717, 1.165) is 11.8 Å². The van der Waals surface area contributed by atoms with E-state index < -0.39 is 4.65 Å². The summed E-state index contributed by atoms with van der Waals surface area (Å²) < 4.78 is 0.501. The highest BCUT2D eigenvalue weighted by atomic mass is 32.2. The normalized spacial score (nSPS) is 14.4. The molecule has 1 rings (SSSR count). The minimum Gasteiger partial charge on any atom is -0.329 e. The number of hydroxylamine groups is 3. The van der Waals surface area contributed by atoms with E-state index in [0.29, 0.717) is 11.0 Å². The summed E-state index contributed by atoms with van der Waals surface area (Å²) in [6.45, 7) is 7.84. The molecule has 23 heavy (non-hydrogen) atoms. The summed E-state index contributed by atoms with van der Waals surface area (Å²) in [6.07, 6.45) is 0. The third kappa shape index (κ3) is 4.76. The molecule has 0 bridgehead atoms. The van der Waals surface area contributed by atoms with E-state index in [4.69, 9.17) is 0 Å². The van der Waals surface area contributed by atoms with Crippen LogP contribution < -0.4 is 0 Å². The molecule has 9 heteroatoms. The topological polar surface area (TPSA) is 88.3 Å². The van der Waals surface area contributed by atoms with Crippen LogP contribution in [0.2, 0.25) is 0 Å². The number of nitrogens with zero attached hydrogens (tertiary/aromatic N) is 5. The molecule has 130 valence electrons. The number of thioether (sulfide) groups is 1. The van der Waals surface area contributed by atoms with Crippen molar-refractivity contribution in [3.63, 3.8) is 0 Å². The second kappa shape index (κ2) is 6.98. The Labute approximate surface area is 141 Å². The number of hydrogen-bond acceptors (Lipinski definition) is 6. The van der Waals surface area contributed by atoms with Gasteiger partial charge in [-0.05, 0) is 6.92 Å². The minimum absolute atomic E-state index is 0.00379. The van der Waals surface area contributed by atoms with Gasteiger partial charge < -0.3 is 4.90 Å². The van der Waals surface area contributed by atoms with Gasteiger partial charge in [-0.2, -0.15) is 4.68 Å². The van der Waals surface area contributed by atoms with Gasteiger partial charge in [0.2, 0.25) is 0 Å². The molecule has 0 fully saturated rings. The standard InChI is InChI=1S/C14H26N5O3S/c1-8-19(7,22)10(20)9-23-12-15-11(14(2,3)4)16-18(12)13(21)17(5)6/h22H,8-9H2,1-7H3/q+1. The van der Waals surface area contributed by atoms with Gasteiger partial charge in [-0.3, -0.25) is 0 Å². The lowest BCUT2D eigenvalue weighted by Gasteiger charge is -2.20. The number of carbonyl (C=O) groups excluding carboxylic acids is 2. The van der Waals surface area contributed by atoms with Crippen molar-refractivity contribution in [1.82, 2.24) is 19.7 Å². The maximum atomic E-state index is 12.2. The van der Waals surface area contributed by atoms with Crippen LogP contribution in [0.25, 0.3) is 0 Å². The molecule has 1 aromatic heterocycles. The predicted octanol–water partition coefficient (Wildman–Crippen LogP) is 1.58. The van der Waals surface area contributed by atoms with E-state index in [-0.39, 0.29) is 29.7 Å². The van der Waals surface area contributed by atoms with Crippen LogP contribution in [0, 0.1) is 0 Å². The van der Waals surface area contributed by atoms with Crippen LogP contribution in [-0.4, -0.2) is 74.9 Å². The first-order valence-electron chi connectivity index (χ1n) is 7.33. The number of carbonyl (C=O) groups is 2. The van der Waals surface area contributed by atoms with Gasteiger partial charge in [-0.15, -0.1) is 9.75 Å². The van der Waals surface area contributed by atoms with Crippen molar-refractivity contribution in [1.29, 1.82) is 0 Å². The summed E-state index contributed by atoms with van der Waals surface area (Å²) in [5.74, 6) is 0.171. The summed E-state index contributed by atoms with van der Waals surface area (Å²) in [4.78, 5) is 30.1. The van der Waals surface area contributed by atoms with Gasteiger partial charge in [0.15, 0.2) is 11.0 Å². The van der Waals surface area contributed by atoms with Gasteiger partial charge in [-0.25, -0.2) is 19.8 Å². The molecule has 0 aliphatic carbocycles. The third-order valence-corrected chi connectivity index (χ3v) is 4.20. The van der Waals surface area contributed by atoms with Gasteiger partial charge in [0.1, 0.15) is 19.3 Å². The first-order chi connectivity index (χ1) is 10.4. The lowest BCUT2D eigenvalue weighted by Crippen LogP contribution is -2.47. The van der Waals surface area contributed by atoms with E-state index in [1.807, 2.05) is 20.8 Å². The number of amides is 2. The van der Waals surface area contributed by atoms with Crippen LogP contribution in [0.15, 0.2) is 5.16 Å². The minimum atomic E-state index is -0.700. The Balaban J connectivity index is 3.07. The largest absolute Gasteiger partial charge is 0.355 e. The van der Waals surface area contributed by atoms with Gasteiger partial charge >= 0.3 is 11.9 Å². The summed E-state index contributed by atoms with van der Waals surface area (Å²) in [5.41, 5.74) is -0.317. The van der Waals surface area contributed by atoms with Crippen molar-refractivity contribution in [2.75, 3.05) is 33.4 Å². The van der Waals surface area contributed by atoms with E-state index in [1.165, 1.54) is 16.6 Å². The van der Waals surface area contributed by atoms with Crippen molar-refractivity contribution in [2.45, 2.75) is 38.3 Å². The van der Waals surface area contributed by atoms with Gasteiger partial charge in [0.25, 0.3) is 0 Å². The molecular weight excluding hydrogens is 318 g/mol. The molecular formula is C14H26N5O3S+. The summed E-state index contributed by atoms with van der Waals surface area (Å²) in [5, 5.41) is 14.6. The lowest BCUT2D eigenvalue weighted by molar-refractivity contribution is -1.02. The zero-order valence-corrected chi connectivity index (χ0v) is 15.6. The molecule has 0 saturated carbocycles. The number of rotatable bonds is 4. The number of hydrogen-bond donors (Lipinski definition) is 1. The molecule has 0 aliphatic rings. The Morgan fingerprint density at radius 2 is 1.91 bits per heavy atom. The van der Waals surface area contributed by atoms with Gasteiger partial charge in [-0.1, -0.05) is 32.5 Å². The molecule has 0 aromatic carbocycles. The van der Waals surface area contributed by atoms with E-state index >= 15 is 0 Å². The molecule has 1 aromatic rings. The number of aromatic nitrogens is 3. The first-order valence-corrected chi connectivity index (χ1v) is 8.32. The van der Waals surface area contributed by atoms with Crippen LogP contribution in [0.1, 0.15) is 33.5 Å². The molecule has 1 N–H and O–H groups in total. The molecule has 8 nitrogen and oxygen atoms in total. The van der Waals surface area contributed by atoms with Crippen molar-refractivity contribution in [3.05, 3.63) is 5.82 Å². The maximum absolute atomic E-state index is 12.2. The molecule has 0 radical (unpaired) electrons. The highest BCUT2D eigenvalue weighted by Crippen LogP contribution is 2.24. The van der Waals surface area contributed by atoms with Crippen molar-refractivity contribution < 1.29 is 19.4 Å². The molecule has 1 unspecified atom stereocenters. The fourth-order valence-electron chi connectivity index (χ4n) is 1.46. The predicted molar refractivity (Wildman–Crippen MR) is 87.4 cm³/mol. The van der Waals surface area contributed by atoms with E-state index in [2.05, 4.69) is 10.1 Å². The summed E-state index contributed by atoms with van der Waals surface area (Å²) >= 11 is 1.10. The third-order valence-electron chi connectivity index (χ3n) is 3.29. The Morgan fingerprint density at radius 3 is 2.35 bits per heavy atom. The average molecular weight is 344 g/mol. The summed E-state index contributed by atoms with van der Waals surface area (Å²) in [6, 6.07) is -0.334. The van der Waals surface area contributed by atoms with E-state index in [9.17, 15) is 14.8 Å². The first kappa shape index (κ1) is 19.6. The highest BCUT2D eigenvalue weighted by molar-refractivity contribution is 7.99. The molecule has 1 heterocycles. The Bertz CT molecular complexity index is 590. The van der Waals surface area contributed by atoms with Crippen LogP contribution in [0.5, 0.6) is 0 Å². The second-order valence-electron chi connectivity index (χ2n) is 6.69. The monoisotopic (exact) mass is 344 g/mol. The van der Waals surface area contributed by atoms with Crippen LogP contribution >= 0.6 is 11.8 Å². The zero-order chi connectivity index (χ0) is 18.0. The quantitative estimate of drug-likeness (QED) is 0.386. The van der Waals surface area contributed by atoms with Gasteiger partial charge in [0, 0.05) is 19.5 Å².